The van der Waals surface area contributed by atoms with Crippen LogP contribution in [0.4, 0.5) is 0 Å². The van der Waals surface area contributed by atoms with Crippen molar-refractivity contribution < 1.29 is 18.8 Å². The summed E-state index contributed by atoms with van der Waals surface area (Å²) in [6.07, 6.45) is 0.440. The van der Waals surface area contributed by atoms with Crippen molar-refractivity contribution in [2.45, 2.75) is 6.42 Å². The molecule has 1 N–H and O–H groups in total. The van der Waals surface area contributed by atoms with Crippen LogP contribution < -0.4 is 9.47 Å². The summed E-state index contributed by atoms with van der Waals surface area (Å²) < 4.78 is 15.9. The number of hydrogen-bond acceptors (Lipinski definition) is 6. The zero-order valence-corrected chi connectivity index (χ0v) is 18.1. The second-order valence-corrected chi connectivity index (χ2v) is 7.41. The normalized spacial score (nSPS) is 11.0. The minimum absolute atomic E-state index is 0.179. The molecule has 8 nitrogen and oxygen atoms in total. The number of likely N-dealkylation sites (N-methyl/N-ethyl adjacent to an activating group) is 1. The number of hydrogen-bond donors (Lipinski definition) is 1. The number of benzene rings is 2. The summed E-state index contributed by atoms with van der Waals surface area (Å²) in [6, 6.07) is 12.6. The van der Waals surface area contributed by atoms with Gasteiger partial charge in [-0.1, -0.05) is 16.8 Å². The van der Waals surface area contributed by atoms with Gasteiger partial charge in [-0.05, 0) is 36.4 Å². The molecular weight excluding hydrogens is 420 g/mol. The first kappa shape index (κ1) is 20.7. The molecule has 1 amide bonds. The number of nitrogens with zero attached hydrogens (tertiary/aromatic N) is 3. The van der Waals surface area contributed by atoms with Crippen LogP contribution in [0.15, 0.2) is 47.0 Å². The van der Waals surface area contributed by atoms with Crippen LogP contribution in [0, 0.1) is 0 Å². The zero-order chi connectivity index (χ0) is 22.0. The van der Waals surface area contributed by atoms with Crippen LogP contribution >= 0.6 is 11.6 Å². The molecule has 0 aliphatic carbocycles. The van der Waals surface area contributed by atoms with E-state index in [1.807, 2.05) is 24.3 Å². The third-order valence-corrected chi connectivity index (χ3v) is 5.17. The number of nitrogens with one attached hydrogen (secondary N) is 1. The lowest BCUT2D eigenvalue weighted by molar-refractivity contribution is 0.0792. The lowest BCUT2D eigenvalue weighted by atomic mass is 10.1. The molecule has 0 aliphatic rings. The number of halogens is 1. The third-order valence-electron chi connectivity index (χ3n) is 4.94. The van der Waals surface area contributed by atoms with Gasteiger partial charge in [0.25, 0.3) is 11.8 Å². The monoisotopic (exact) mass is 440 g/mol. The first-order chi connectivity index (χ1) is 15.0. The van der Waals surface area contributed by atoms with Crippen molar-refractivity contribution >= 4 is 28.4 Å². The van der Waals surface area contributed by atoms with Crippen molar-refractivity contribution in [3.63, 3.8) is 0 Å². The Morgan fingerprint density at radius 2 is 2.00 bits per heavy atom. The summed E-state index contributed by atoms with van der Waals surface area (Å²) in [5.74, 6) is 1.91. The van der Waals surface area contributed by atoms with Gasteiger partial charge in [-0.25, -0.2) is 0 Å². The van der Waals surface area contributed by atoms with Crippen molar-refractivity contribution in [1.82, 2.24) is 20.0 Å². The molecule has 160 valence electrons. The van der Waals surface area contributed by atoms with Gasteiger partial charge in [0.15, 0.2) is 5.82 Å². The Labute approximate surface area is 183 Å². The number of aromatic amines is 1. The maximum atomic E-state index is 12.8. The zero-order valence-electron chi connectivity index (χ0n) is 17.3. The Balaban J connectivity index is 1.44. The van der Waals surface area contributed by atoms with E-state index in [4.69, 9.17) is 25.6 Å². The summed E-state index contributed by atoms with van der Waals surface area (Å²) in [5, 5.41) is 5.55. The van der Waals surface area contributed by atoms with Gasteiger partial charge in [-0.2, -0.15) is 4.98 Å². The Hall–Kier alpha value is -3.52. The van der Waals surface area contributed by atoms with Gasteiger partial charge >= 0.3 is 0 Å². The van der Waals surface area contributed by atoms with E-state index in [9.17, 15) is 4.79 Å². The maximum absolute atomic E-state index is 12.8. The molecule has 0 radical (unpaired) electrons. The van der Waals surface area contributed by atoms with E-state index in [2.05, 4.69) is 15.1 Å². The predicted octanol–water partition coefficient (Wildman–Crippen LogP) is 4.20. The van der Waals surface area contributed by atoms with Crippen LogP contribution in [0.3, 0.4) is 0 Å². The van der Waals surface area contributed by atoms with E-state index in [1.54, 1.807) is 37.3 Å². The molecule has 0 aliphatic heterocycles. The Morgan fingerprint density at radius 1 is 1.16 bits per heavy atom. The third kappa shape index (κ3) is 4.34. The fourth-order valence-corrected chi connectivity index (χ4v) is 3.39. The first-order valence-electron chi connectivity index (χ1n) is 9.57. The number of carbonyl (C=O) groups is 1. The van der Waals surface area contributed by atoms with Gasteiger partial charge in [-0.3, -0.25) is 4.79 Å². The molecule has 4 rings (SSSR count). The molecule has 31 heavy (non-hydrogen) atoms. The molecule has 0 fully saturated rings. The van der Waals surface area contributed by atoms with Crippen molar-refractivity contribution in [2.24, 2.45) is 0 Å². The molecule has 2 aromatic heterocycles. The molecule has 2 heterocycles. The molecule has 0 bridgehead atoms. The highest BCUT2D eigenvalue weighted by atomic mass is 35.5. The SMILES string of the molecule is COc1ccc2cc(-c3nc(CCN(C)C(=O)c4ccc(Cl)cc4OC)no3)[nH]c2c1. The molecular formula is C22H21ClN4O4. The smallest absolute Gasteiger partial charge is 0.274 e. The van der Waals surface area contributed by atoms with E-state index < -0.39 is 0 Å². The Kier molecular flexibility index (Phi) is 5.81. The number of carbonyl (C=O) groups excluding carboxylic acids is 1. The predicted molar refractivity (Wildman–Crippen MR) is 117 cm³/mol. The largest absolute Gasteiger partial charge is 0.497 e. The Bertz CT molecular complexity index is 1230. The van der Waals surface area contributed by atoms with Gasteiger partial charge in [-0.15, -0.1) is 0 Å². The van der Waals surface area contributed by atoms with Crippen LogP contribution in [0.1, 0.15) is 16.2 Å². The van der Waals surface area contributed by atoms with Crippen molar-refractivity contribution in [1.29, 1.82) is 0 Å². The van der Waals surface area contributed by atoms with Crippen LogP contribution in [-0.4, -0.2) is 53.7 Å². The van der Waals surface area contributed by atoms with E-state index >= 15 is 0 Å². The van der Waals surface area contributed by atoms with Gasteiger partial charge in [0.2, 0.25) is 0 Å². The lowest BCUT2D eigenvalue weighted by Gasteiger charge is -2.18. The van der Waals surface area contributed by atoms with Crippen LogP contribution in [0.25, 0.3) is 22.5 Å². The molecule has 0 unspecified atom stereocenters. The summed E-state index contributed by atoms with van der Waals surface area (Å²) in [6.45, 7) is 0.410. The number of ether oxygens (including phenoxy) is 2. The van der Waals surface area contributed by atoms with E-state index in [1.165, 1.54) is 7.11 Å². The average molecular weight is 441 g/mol. The van der Waals surface area contributed by atoms with Crippen molar-refractivity contribution in [3.05, 3.63) is 58.9 Å². The van der Waals surface area contributed by atoms with Crippen LogP contribution in [0.5, 0.6) is 11.5 Å². The second kappa shape index (κ2) is 8.69. The molecule has 9 heteroatoms. The van der Waals surface area contributed by atoms with Crippen LogP contribution in [-0.2, 0) is 6.42 Å². The highest BCUT2D eigenvalue weighted by Gasteiger charge is 2.18. The summed E-state index contributed by atoms with van der Waals surface area (Å²) in [4.78, 5) is 22.0. The molecule has 2 aromatic carbocycles. The van der Waals surface area contributed by atoms with Gasteiger partial charge < -0.3 is 23.9 Å². The van der Waals surface area contributed by atoms with Gasteiger partial charge in [0, 0.05) is 42.0 Å². The number of amides is 1. The molecule has 0 spiro atoms. The quantitative estimate of drug-likeness (QED) is 0.463. The first-order valence-corrected chi connectivity index (χ1v) is 9.95. The molecule has 0 saturated carbocycles. The van der Waals surface area contributed by atoms with E-state index in [0.717, 1.165) is 22.3 Å². The summed E-state index contributed by atoms with van der Waals surface area (Å²) >= 11 is 5.97. The van der Waals surface area contributed by atoms with Crippen LogP contribution in [0.2, 0.25) is 5.02 Å². The van der Waals surface area contributed by atoms with Gasteiger partial charge in [0.05, 0.1) is 19.8 Å². The van der Waals surface area contributed by atoms with Crippen molar-refractivity contribution in [3.8, 4) is 23.1 Å². The maximum Gasteiger partial charge on any atom is 0.274 e. The van der Waals surface area contributed by atoms with Crippen molar-refractivity contribution in [2.75, 3.05) is 27.8 Å². The minimum Gasteiger partial charge on any atom is -0.497 e. The molecule has 0 atom stereocenters. The fourth-order valence-electron chi connectivity index (χ4n) is 3.23. The minimum atomic E-state index is -0.179. The highest BCUT2D eigenvalue weighted by molar-refractivity contribution is 6.30. The summed E-state index contributed by atoms with van der Waals surface area (Å²) in [7, 11) is 4.84. The summed E-state index contributed by atoms with van der Waals surface area (Å²) in [5.41, 5.74) is 2.07. The standard InChI is InChI=1S/C22H21ClN4O4/c1-27(22(28)16-7-5-14(23)11-19(16)30-3)9-8-20-25-21(31-26-20)18-10-13-4-6-15(29-2)12-17(13)24-18/h4-7,10-12,24H,8-9H2,1-3H3. The molecule has 4 aromatic rings. The number of methoxy groups -OCH3 is 2. The fraction of sp³-hybridized carbons (Fsp3) is 0.227. The number of fused-ring (bicyclic) bond motifs is 1. The van der Waals surface area contributed by atoms with E-state index in [-0.39, 0.29) is 5.91 Å². The van der Waals surface area contributed by atoms with Gasteiger partial charge in [0.1, 0.15) is 17.2 Å². The van der Waals surface area contributed by atoms with E-state index in [0.29, 0.717) is 41.0 Å². The second-order valence-electron chi connectivity index (χ2n) is 6.97. The Morgan fingerprint density at radius 3 is 2.77 bits per heavy atom. The number of aromatic nitrogens is 3. The lowest BCUT2D eigenvalue weighted by Crippen LogP contribution is -2.29. The average Bonchev–Trinajstić information content (AvgIpc) is 3.43. The topological polar surface area (TPSA) is 93.5 Å². The number of H-pyrrole nitrogens is 1. The highest BCUT2D eigenvalue weighted by Crippen LogP contribution is 2.26. The molecule has 0 saturated heterocycles. The number of rotatable bonds is 7.